The molecule has 0 heterocycles. The molecule has 0 aliphatic heterocycles. The van der Waals surface area contributed by atoms with Gasteiger partial charge in [0.15, 0.2) is 0 Å². The second kappa shape index (κ2) is 5.65. The van der Waals surface area contributed by atoms with Crippen molar-refractivity contribution >= 4 is 37.3 Å². The third kappa shape index (κ3) is 3.19. The van der Waals surface area contributed by atoms with Crippen molar-refractivity contribution in [1.29, 1.82) is 0 Å². The molecule has 0 spiro atoms. The zero-order valence-corrected chi connectivity index (χ0v) is 13.8. The van der Waals surface area contributed by atoms with Crippen LogP contribution in [0.15, 0.2) is 39.7 Å². The largest absolute Gasteiger partial charge is 0.396 e. The van der Waals surface area contributed by atoms with Gasteiger partial charge in [0.1, 0.15) is 10.7 Å². The first-order valence-corrected chi connectivity index (χ1v) is 8.33. The van der Waals surface area contributed by atoms with Crippen LogP contribution in [0.2, 0.25) is 0 Å². The Morgan fingerprint density at radius 1 is 1.24 bits per heavy atom. The minimum Gasteiger partial charge on any atom is -0.396 e. The summed E-state index contributed by atoms with van der Waals surface area (Å²) in [4.78, 5) is -0.109. The highest BCUT2D eigenvalue weighted by Crippen LogP contribution is 2.29. The fraction of sp³-hybridized carbons (Fsp3) is 0.143. The number of nitrogens with two attached hydrogens (primary N) is 1. The number of halogens is 2. The van der Waals surface area contributed by atoms with Crippen molar-refractivity contribution in [3.63, 3.8) is 0 Å². The molecular weight excluding hydrogens is 359 g/mol. The van der Waals surface area contributed by atoms with Crippen LogP contribution >= 0.6 is 15.9 Å². The third-order valence-electron chi connectivity index (χ3n) is 3.19. The molecule has 0 saturated heterocycles. The fourth-order valence-electron chi connectivity index (χ4n) is 1.81. The van der Waals surface area contributed by atoms with Crippen LogP contribution in [-0.2, 0) is 10.0 Å². The highest BCUT2D eigenvalue weighted by Gasteiger charge is 2.20. The number of hydrogen-bond donors (Lipinski definition) is 2. The molecule has 0 aromatic heterocycles. The molecule has 0 aliphatic rings. The predicted octanol–water partition coefficient (Wildman–Crippen LogP) is 3.59. The highest BCUT2D eigenvalue weighted by atomic mass is 79.9. The number of benzene rings is 2. The lowest BCUT2D eigenvalue weighted by atomic mass is 10.1. The molecule has 7 heteroatoms. The molecule has 0 amide bonds. The van der Waals surface area contributed by atoms with Crippen LogP contribution in [-0.4, -0.2) is 8.42 Å². The van der Waals surface area contributed by atoms with Crippen LogP contribution < -0.4 is 10.5 Å². The lowest BCUT2D eigenvalue weighted by molar-refractivity contribution is 0.599. The maximum Gasteiger partial charge on any atom is 0.263 e. The van der Waals surface area contributed by atoms with E-state index in [4.69, 9.17) is 5.73 Å². The molecule has 21 heavy (non-hydrogen) atoms. The molecule has 0 aliphatic carbocycles. The molecule has 0 unspecified atom stereocenters. The van der Waals surface area contributed by atoms with Gasteiger partial charge in [0.25, 0.3) is 10.0 Å². The summed E-state index contributed by atoms with van der Waals surface area (Å²) >= 11 is 3.05. The lowest BCUT2D eigenvalue weighted by Gasteiger charge is -2.13. The van der Waals surface area contributed by atoms with Crippen LogP contribution in [0.5, 0.6) is 0 Å². The average Bonchev–Trinajstić information content (AvgIpc) is 2.39. The summed E-state index contributed by atoms with van der Waals surface area (Å²) in [5.41, 5.74) is 7.49. The Bertz CT molecular complexity index is 807. The first-order valence-electron chi connectivity index (χ1n) is 6.06. The molecule has 0 fully saturated rings. The Hall–Kier alpha value is -1.60. The maximum atomic E-state index is 13.3. The SMILES string of the molecule is Cc1cccc(NS(=O)(=O)c2cc(N)c(F)cc2Br)c1C. The standard InChI is InChI=1S/C14H14BrFN2O2S/c1-8-4-3-5-13(9(8)2)18-21(19,20)14-7-12(17)11(16)6-10(14)15/h3-7,18H,17H2,1-2H3. The van der Waals surface area contributed by atoms with Gasteiger partial charge < -0.3 is 5.73 Å². The second-order valence-electron chi connectivity index (χ2n) is 4.66. The van der Waals surface area contributed by atoms with Gasteiger partial charge in [-0.2, -0.15) is 0 Å². The van der Waals surface area contributed by atoms with E-state index in [1.165, 1.54) is 0 Å². The van der Waals surface area contributed by atoms with Gasteiger partial charge in [-0.1, -0.05) is 12.1 Å². The molecule has 0 saturated carbocycles. The van der Waals surface area contributed by atoms with Gasteiger partial charge in [-0.3, -0.25) is 4.72 Å². The van der Waals surface area contributed by atoms with Crippen molar-refractivity contribution in [3.05, 3.63) is 51.7 Å². The zero-order chi connectivity index (χ0) is 15.8. The van der Waals surface area contributed by atoms with E-state index in [-0.39, 0.29) is 15.1 Å². The van der Waals surface area contributed by atoms with Crippen LogP contribution in [0.1, 0.15) is 11.1 Å². The molecule has 2 aromatic carbocycles. The zero-order valence-electron chi connectivity index (χ0n) is 11.4. The van der Waals surface area contributed by atoms with Crippen molar-refractivity contribution < 1.29 is 12.8 Å². The first kappa shape index (κ1) is 15.8. The van der Waals surface area contributed by atoms with Crippen LogP contribution in [0.4, 0.5) is 15.8 Å². The highest BCUT2D eigenvalue weighted by molar-refractivity contribution is 9.10. The van der Waals surface area contributed by atoms with Gasteiger partial charge in [-0.15, -0.1) is 0 Å². The molecule has 0 atom stereocenters. The van der Waals surface area contributed by atoms with Crippen molar-refractivity contribution in [2.75, 3.05) is 10.5 Å². The van der Waals surface area contributed by atoms with E-state index in [1.807, 2.05) is 19.9 Å². The quantitative estimate of drug-likeness (QED) is 0.808. The predicted molar refractivity (Wildman–Crippen MR) is 85.2 cm³/mol. The molecule has 0 radical (unpaired) electrons. The number of nitrogens with one attached hydrogen (secondary N) is 1. The van der Waals surface area contributed by atoms with Crippen molar-refractivity contribution in [2.45, 2.75) is 18.7 Å². The van der Waals surface area contributed by atoms with Gasteiger partial charge in [0.2, 0.25) is 0 Å². The van der Waals surface area contributed by atoms with Crippen molar-refractivity contribution in [2.24, 2.45) is 0 Å². The Morgan fingerprint density at radius 3 is 2.57 bits per heavy atom. The summed E-state index contributed by atoms with van der Waals surface area (Å²) in [6.45, 7) is 3.71. The molecular formula is C14H14BrFN2O2S. The van der Waals surface area contributed by atoms with E-state index in [9.17, 15) is 12.8 Å². The maximum absolute atomic E-state index is 13.3. The van der Waals surface area contributed by atoms with E-state index in [0.717, 1.165) is 23.3 Å². The van der Waals surface area contributed by atoms with Gasteiger partial charge in [0.05, 0.1) is 11.4 Å². The summed E-state index contributed by atoms with van der Waals surface area (Å²) < 4.78 is 40.8. The summed E-state index contributed by atoms with van der Waals surface area (Å²) in [6, 6.07) is 7.44. The topological polar surface area (TPSA) is 72.2 Å². The van der Waals surface area contributed by atoms with Crippen LogP contribution in [0, 0.1) is 19.7 Å². The summed E-state index contributed by atoms with van der Waals surface area (Å²) in [5.74, 6) is -0.674. The minimum absolute atomic E-state index is 0.109. The monoisotopic (exact) mass is 372 g/mol. The molecule has 2 rings (SSSR count). The molecule has 2 aromatic rings. The summed E-state index contributed by atoms with van der Waals surface area (Å²) in [5, 5.41) is 0. The second-order valence-corrected chi connectivity index (χ2v) is 7.16. The fourth-order valence-corrected chi connectivity index (χ4v) is 3.99. The van der Waals surface area contributed by atoms with E-state index in [0.29, 0.717) is 5.69 Å². The van der Waals surface area contributed by atoms with Crippen molar-refractivity contribution in [1.82, 2.24) is 0 Å². The van der Waals surface area contributed by atoms with Gasteiger partial charge in [-0.05, 0) is 59.1 Å². The third-order valence-corrected chi connectivity index (χ3v) is 5.51. The first-order chi connectivity index (χ1) is 9.72. The Kier molecular flexibility index (Phi) is 4.25. The summed E-state index contributed by atoms with van der Waals surface area (Å²) in [6.07, 6.45) is 0. The smallest absolute Gasteiger partial charge is 0.263 e. The van der Waals surface area contributed by atoms with Gasteiger partial charge in [0, 0.05) is 4.47 Å². The number of nitrogen functional groups attached to an aromatic ring is 1. The van der Waals surface area contributed by atoms with Crippen molar-refractivity contribution in [3.8, 4) is 0 Å². The van der Waals surface area contributed by atoms with Crippen LogP contribution in [0.25, 0.3) is 0 Å². The van der Waals surface area contributed by atoms with Gasteiger partial charge in [-0.25, -0.2) is 12.8 Å². The Labute approximate surface area is 131 Å². The molecule has 3 N–H and O–H groups in total. The van der Waals surface area contributed by atoms with E-state index in [1.54, 1.807) is 12.1 Å². The Morgan fingerprint density at radius 2 is 1.90 bits per heavy atom. The number of sulfonamides is 1. The van der Waals surface area contributed by atoms with Crippen LogP contribution in [0.3, 0.4) is 0 Å². The minimum atomic E-state index is -3.87. The van der Waals surface area contributed by atoms with Gasteiger partial charge >= 0.3 is 0 Å². The molecule has 112 valence electrons. The van der Waals surface area contributed by atoms with E-state index >= 15 is 0 Å². The number of anilines is 2. The van der Waals surface area contributed by atoms with E-state index < -0.39 is 15.8 Å². The summed E-state index contributed by atoms with van der Waals surface area (Å²) in [7, 11) is -3.87. The average molecular weight is 373 g/mol. The number of aryl methyl sites for hydroxylation is 1. The number of hydrogen-bond acceptors (Lipinski definition) is 3. The normalized spacial score (nSPS) is 11.4. The van der Waals surface area contributed by atoms with E-state index in [2.05, 4.69) is 20.7 Å². The molecule has 0 bridgehead atoms. The Balaban J connectivity index is 2.48. The lowest BCUT2D eigenvalue weighted by Crippen LogP contribution is -2.15. The number of rotatable bonds is 3. The molecule has 4 nitrogen and oxygen atoms in total.